The lowest BCUT2D eigenvalue weighted by atomic mass is 9.51. The van der Waals surface area contributed by atoms with Gasteiger partial charge in [-0.15, -0.1) is 0 Å². The first kappa shape index (κ1) is 28.0. The fraction of sp³-hybridized carbons (Fsp3) is 0.415. The summed E-state index contributed by atoms with van der Waals surface area (Å²) in [7, 11) is 0. The first-order chi connectivity index (χ1) is 19.2. The van der Waals surface area contributed by atoms with Crippen LogP contribution in [0.3, 0.4) is 0 Å². The highest BCUT2D eigenvalue weighted by atomic mass is 14.5. The van der Waals surface area contributed by atoms with E-state index in [0.29, 0.717) is 0 Å². The maximum atomic E-state index is 2.60. The third-order valence-electron chi connectivity index (χ3n) is 12.5. The Kier molecular flexibility index (Phi) is 6.11. The van der Waals surface area contributed by atoms with Crippen molar-refractivity contribution in [2.75, 3.05) is 0 Å². The minimum absolute atomic E-state index is 0.334. The Balaban J connectivity index is 2.02. The summed E-state index contributed by atoms with van der Waals surface area (Å²) in [6, 6.07) is 5.19. The van der Waals surface area contributed by atoms with Crippen LogP contribution in [-0.4, -0.2) is 0 Å². The smallest absolute Gasteiger partial charge is 0.0539 e. The van der Waals surface area contributed by atoms with Gasteiger partial charge in [-0.25, -0.2) is 0 Å². The van der Waals surface area contributed by atoms with Crippen molar-refractivity contribution in [3.8, 4) is 0 Å². The average molecular weight is 541 g/mol. The van der Waals surface area contributed by atoms with Crippen molar-refractivity contribution < 1.29 is 0 Å². The number of rotatable bonds is 0. The van der Waals surface area contributed by atoms with E-state index in [0.717, 1.165) is 12.8 Å². The van der Waals surface area contributed by atoms with Crippen molar-refractivity contribution in [3.05, 3.63) is 135 Å². The molecular weight excluding hydrogens is 492 g/mol. The first-order valence-electron chi connectivity index (χ1n) is 15.6. The van der Waals surface area contributed by atoms with Crippen LogP contribution in [0.25, 0.3) is 0 Å². The third kappa shape index (κ3) is 3.28. The highest BCUT2D eigenvalue weighted by Crippen LogP contribution is 2.60. The van der Waals surface area contributed by atoms with Gasteiger partial charge in [0, 0.05) is 0 Å². The zero-order chi connectivity index (χ0) is 30.0. The van der Waals surface area contributed by atoms with Crippen molar-refractivity contribution in [2.24, 2.45) is 0 Å². The molecule has 0 saturated carbocycles. The number of aryl methyl sites for hydroxylation is 2. The highest BCUT2D eigenvalue weighted by molar-refractivity contribution is 5.79. The van der Waals surface area contributed by atoms with Gasteiger partial charge in [0.05, 0.1) is 5.41 Å². The molecule has 0 atom stereocenters. The van der Waals surface area contributed by atoms with Crippen LogP contribution in [0.4, 0.5) is 0 Å². The molecule has 2 aliphatic carbocycles. The van der Waals surface area contributed by atoms with Crippen molar-refractivity contribution in [1.29, 1.82) is 0 Å². The Morgan fingerprint density at radius 3 is 0.976 bits per heavy atom. The standard InChI is InChI=1S/C41H48/c1-19-15-37-33(27(9)21(19)3)17-35-29(11)23(5)25(7)31(13)39(35)41(37)38-16-20(2)22(4)28(10)34(38)18-36-30(12)24(6)26(8)32(14)40(36)41/h15-16H,17-18H2,1-14H3. The molecule has 1 spiro atoms. The van der Waals surface area contributed by atoms with E-state index in [1.54, 1.807) is 33.4 Å². The second-order valence-electron chi connectivity index (χ2n) is 13.7. The maximum absolute atomic E-state index is 2.60. The zero-order valence-corrected chi connectivity index (χ0v) is 28.1. The van der Waals surface area contributed by atoms with Gasteiger partial charge in [-0.05, 0) is 232 Å². The summed E-state index contributed by atoms with van der Waals surface area (Å²) < 4.78 is 0. The zero-order valence-electron chi connectivity index (χ0n) is 28.1. The summed E-state index contributed by atoms with van der Waals surface area (Å²) in [5.74, 6) is 0. The first-order valence-corrected chi connectivity index (χ1v) is 15.6. The van der Waals surface area contributed by atoms with E-state index >= 15 is 0 Å². The molecule has 6 rings (SSSR count). The molecule has 0 aromatic heterocycles. The predicted octanol–water partition coefficient (Wildman–Crippen LogP) is 10.2. The molecular formula is C41H48. The summed E-state index contributed by atoms with van der Waals surface area (Å²) in [4.78, 5) is 0. The van der Waals surface area contributed by atoms with Gasteiger partial charge < -0.3 is 0 Å². The molecule has 0 aliphatic heterocycles. The number of benzene rings is 4. The lowest BCUT2D eigenvalue weighted by Crippen LogP contribution is -2.43. The van der Waals surface area contributed by atoms with Crippen molar-refractivity contribution in [2.45, 2.75) is 115 Å². The quantitative estimate of drug-likeness (QED) is 0.180. The van der Waals surface area contributed by atoms with Gasteiger partial charge in [0.2, 0.25) is 0 Å². The van der Waals surface area contributed by atoms with E-state index in [2.05, 4.69) is 109 Å². The molecule has 0 amide bonds. The Morgan fingerprint density at radius 2 is 0.634 bits per heavy atom. The van der Waals surface area contributed by atoms with E-state index in [4.69, 9.17) is 0 Å². The van der Waals surface area contributed by atoms with Gasteiger partial charge in [0.25, 0.3) is 0 Å². The minimum atomic E-state index is -0.334. The molecule has 4 aromatic carbocycles. The van der Waals surface area contributed by atoms with Gasteiger partial charge >= 0.3 is 0 Å². The predicted molar refractivity (Wildman–Crippen MR) is 177 cm³/mol. The molecule has 0 heteroatoms. The molecule has 2 aliphatic rings. The molecule has 0 fully saturated rings. The molecule has 0 N–H and O–H groups in total. The summed E-state index contributed by atoms with van der Waals surface area (Å²) in [6.45, 7) is 33.1. The third-order valence-corrected chi connectivity index (χ3v) is 12.5. The van der Waals surface area contributed by atoms with Crippen LogP contribution >= 0.6 is 0 Å². The SMILES string of the molecule is Cc1cc2c(c(C)c1C)Cc1c(C)c(C)c(C)c(C)c1C21c2cc(C)c(C)c(C)c2Cc2c(C)c(C)c(C)c(C)c21. The number of hydrogen-bond acceptors (Lipinski definition) is 0. The fourth-order valence-corrected chi connectivity index (χ4v) is 8.80. The van der Waals surface area contributed by atoms with Crippen LogP contribution < -0.4 is 0 Å². The van der Waals surface area contributed by atoms with Gasteiger partial charge in [-0.2, -0.15) is 0 Å². The van der Waals surface area contributed by atoms with E-state index in [1.165, 1.54) is 89.0 Å². The van der Waals surface area contributed by atoms with E-state index in [1.807, 2.05) is 0 Å². The van der Waals surface area contributed by atoms with Gasteiger partial charge in [-0.3, -0.25) is 0 Å². The molecule has 0 radical (unpaired) electrons. The van der Waals surface area contributed by atoms with Crippen LogP contribution in [-0.2, 0) is 18.3 Å². The van der Waals surface area contributed by atoms with E-state index in [9.17, 15) is 0 Å². The Hall–Kier alpha value is -3.12. The normalized spacial score (nSPS) is 14.6. The molecule has 212 valence electrons. The summed E-state index contributed by atoms with van der Waals surface area (Å²) in [5, 5.41) is 0. The van der Waals surface area contributed by atoms with Gasteiger partial charge in [-0.1, -0.05) is 12.1 Å². The van der Waals surface area contributed by atoms with Gasteiger partial charge in [0.1, 0.15) is 0 Å². The molecule has 0 bridgehead atoms. The van der Waals surface area contributed by atoms with Crippen LogP contribution in [0.5, 0.6) is 0 Å². The monoisotopic (exact) mass is 540 g/mol. The highest BCUT2D eigenvalue weighted by Gasteiger charge is 2.52. The fourth-order valence-electron chi connectivity index (χ4n) is 8.80. The number of fused-ring (bicyclic) bond motifs is 8. The molecule has 0 nitrogen and oxygen atoms in total. The largest absolute Gasteiger partial charge is 0.0718 e. The number of hydrogen-bond donors (Lipinski definition) is 0. The Bertz CT molecular complexity index is 1720. The van der Waals surface area contributed by atoms with Crippen LogP contribution in [0, 0.1) is 96.9 Å². The van der Waals surface area contributed by atoms with E-state index in [-0.39, 0.29) is 5.41 Å². The molecule has 4 aromatic rings. The van der Waals surface area contributed by atoms with Crippen molar-refractivity contribution in [3.63, 3.8) is 0 Å². The molecule has 0 unspecified atom stereocenters. The average Bonchev–Trinajstić information content (AvgIpc) is 2.94. The van der Waals surface area contributed by atoms with Crippen molar-refractivity contribution >= 4 is 0 Å². The second-order valence-corrected chi connectivity index (χ2v) is 13.7. The Morgan fingerprint density at radius 1 is 0.341 bits per heavy atom. The molecule has 0 saturated heterocycles. The van der Waals surface area contributed by atoms with Crippen LogP contribution in [0.2, 0.25) is 0 Å². The van der Waals surface area contributed by atoms with Gasteiger partial charge in [0.15, 0.2) is 0 Å². The summed E-state index contributed by atoms with van der Waals surface area (Å²) in [5.41, 5.74) is 32.5. The lowest BCUT2D eigenvalue weighted by molar-refractivity contribution is 0.647. The van der Waals surface area contributed by atoms with Crippen LogP contribution in [0.15, 0.2) is 12.1 Å². The van der Waals surface area contributed by atoms with Crippen molar-refractivity contribution in [1.82, 2.24) is 0 Å². The van der Waals surface area contributed by atoms with Crippen LogP contribution in [0.1, 0.15) is 122 Å². The molecule has 41 heavy (non-hydrogen) atoms. The summed E-state index contributed by atoms with van der Waals surface area (Å²) in [6.07, 6.45) is 2.04. The molecule has 0 heterocycles. The Labute approximate surface area is 249 Å². The lowest BCUT2D eigenvalue weighted by Gasteiger charge is -2.50. The van der Waals surface area contributed by atoms with E-state index < -0.39 is 0 Å². The summed E-state index contributed by atoms with van der Waals surface area (Å²) >= 11 is 0. The minimum Gasteiger partial charge on any atom is -0.0539 e. The second kappa shape index (κ2) is 8.94. The topological polar surface area (TPSA) is 0 Å². The maximum Gasteiger partial charge on any atom is 0.0718 e.